The molecule has 0 aliphatic carbocycles. The molecular weight excluding hydrogens is 249 g/mol. The van der Waals surface area contributed by atoms with Gasteiger partial charge in [-0.3, -0.25) is 0 Å². The summed E-state index contributed by atoms with van der Waals surface area (Å²) in [4.78, 5) is 0. The summed E-state index contributed by atoms with van der Waals surface area (Å²) in [6.45, 7) is 3.64. The normalized spacial score (nSPS) is 12.5. The Kier molecular flexibility index (Phi) is 3.08. The molecule has 0 amide bonds. The lowest BCUT2D eigenvalue weighted by atomic mass is 10.1. The van der Waals surface area contributed by atoms with E-state index in [-0.39, 0.29) is 6.04 Å². The van der Waals surface area contributed by atoms with Crippen LogP contribution < -0.4 is 5.73 Å². The van der Waals surface area contributed by atoms with Crippen LogP contribution in [0.2, 0.25) is 0 Å². The molecule has 0 aliphatic heterocycles. The van der Waals surface area contributed by atoms with E-state index in [1.807, 2.05) is 18.2 Å². The molecule has 1 aromatic carbocycles. The van der Waals surface area contributed by atoms with Crippen LogP contribution in [0.1, 0.15) is 11.6 Å². The van der Waals surface area contributed by atoms with Crippen LogP contribution in [-0.4, -0.2) is 0 Å². The van der Waals surface area contributed by atoms with E-state index in [2.05, 4.69) is 35.2 Å². The van der Waals surface area contributed by atoms with Gasteiger partial charge in [-0.15, -0.1) is 6.58 Å². The number of halogens is 1. The maximum Gasteiger partial charge on any atom is 0.0478 e. The second-order valence-electron chi connectivity index (χ2n) is 2.32. The molecule has 0 radical (unpaired) electrons. The van der Waals surface area contributed by atoms with Gasteiger partial charge < -0.3 is 5.73 Å². The molecule has 1 unspecified atom stereocenters. The third-order valence-electron chi connectivity index (χ3n) is 1.49. The van der Waals surface area contributed by atoms with E-state index < -0.39 is 0 Å². The fraction of sp³-hybridized carbons (Fsp3) is 0.111. The van der Waals surface area contributed by atoms with Gasteiger partial charge in [0.15, 0.2) is 0 Å². The van der Waals surface area contributed by atoms with Gasteiger partial charge in [0.1, 0.15) is 0 Å². The van der Waals surface area contributed by atoms with Crippen LogP contribution in [0.15, 0.2) is 36.9 Å². The second-order valence-corrected chi connectivity index (χ2v) is 3.56. The Morgan fingerprint density at radius 3 is 2.82 bits per heavy atom. The van der Waals surface area contributed by atoms with Crippen molar-refractivity contribution < 1.29 is 0 Å². The molecule has 0 bridgehead atoms. The predicted molar refractivity (Wildman–Crippen MR) is 56.3 cm³/mol. The van der Waals surface area contributed by atoms with Crippen LogP contribution in [0.4, 0.5) is 0 Å². The van der Waals surface area contributed by atoms with Crippen LogP contribution in [0.25, 0.3) is 0 Å². The average Bonchev–Trinajstić information content (AvgIpc) is 2.03. The minimum absolute atomic E-state index is 0.0373. The van der Waals surface area contributed by atoms with Gasteiger partial charge in [0.25, 0.3) is 0 Å². The smallest absolute Gasteiger partial charge is 0.0478 e. The van der Waals surface area contributed by atoms with Gasteiger partial charge in [-0.1, -0.05) is 18.2 Å². The number of rotatable bonds is 2. The van der Waals surface area contributed by atoms with Gasteiger partial charge in [0.2, 0.25) is 0 Å². The van der Waals surface area contributed by atoms with Crippen molar-refractivity contribution in [2.75, 3.05) is 0 Å². The summed E-state index contributed by atoms with van der Waals surface area (Å²) in [6, 6.07) is 8.08. The molecular formula is C9H10IN. The largest absolute Gasteiger partial charge is 0.321 e. The maximum atomic E-state index is 5.74. The molecule has 0 saturated heterocycles. The third kappa shape index (κ3) is 2.31. The first-order valence-corrected chi connectivity index (χ1v) is 4.45. The topological polar surface area (TPSA) is 26.0 Å². The summed E-state index contributed by atoms with van der Waals surface area (Å²) >= 11 is 2.27. The first-order valence-electron chi connectivity index (χ1n) is 3.37. The molecule has 1 rings (SSSR count). The quantitative estimate of drug-likeness (QED) is 0.640. The minimum Gasteiger partial charge on any atom is -0.321 e. The molecule has 0 fully saturated rings. The van der Waals surface area contributed by atoms with Crippen LogP contribution in [0.3, 0.4) is 0 Å². The fourth-order valence-electron chi connectivity index (χ4n) is 0.850. The van der Waals surface area contributed by atoms with Crippen molar-refractivity contribution in [2.24, 2.45) is 5.73 Å². The lowest BCUT2D eigenvalue weighted by Crippen LogP contribution is -2.06. The summed E-state index contributed by atoms with van der Waals surface area (Å²) < 4.78 is 1.21. The standard InChI is InChI=1S/C9H10IN/c1-2-9(11)7-4-3-5-8(10)6-7/h2-6,9H,1,11H2. The SMILES string of the molecule is C=CC(N)c1cccc(I)c1. The van der Waals surface area contributed by atoms with Crippen LogP contribution in [0.5, 0.6) is 0 Å². The number of benzene rings is 1. The van der Waals surface area contributed by atoms with E-state index in [1.165, 1.54) is 3.57 Å². The molecule has 2 N–H and O–H groups in total. The summed E-state index contributed by atoms with van der Waals surface area (Å²) in [6.07, 6.45) is 1.74. The van der Waals surface area contributed by atoms with E-state index in [0.717, 1.165) is 5.56 Å². The highest BCUT2D eigenvalue weighted by Gasteiger charge is 1.99. The molecule has 0 aromatic heterocycles. The monoisotopic (exact) mass is 259 g/mol. The van der Waals surface area contributed by atoms with Crippen molar-refractivity contribution in [3.05, 3.63) is 46.1 Å². The average molecular weight is 259 g/mol. The number of nitrogens with two attached hydrogens (primary N) is 1. The highest BCUT2D eigenvalue weighted by Crippen LogP contribution is 2.13. The van der Waals surface area contributed by atoms with Crippen molar-refractivity contribution in [1.82, 2.24) is 0 Å². The number of hydrogen-bond acceptors (Lipinski definition) is 1. The summed E-state index contributed by atoms with van der Waals surface area (Å²) in [5.74, 6) is 0. The molecule has 0 aliphatic rings. The molecule has 1 nitrogen and oxygen atoms in total. The van der Waals surface area contributed by atoms with Gasteiger partial charge in [0.05, 0.1) is 0 Å². The second kappa shape index (κ2) is 3.88. The molecule has 11 heavy (non-hydrogen) atoms. The molecule has 2 heteroatoms. The zero-order chi connectivity index (χ0) is 8.27. The van der Waals surface area contributed by atoms with Gasteiger partial charge in [-0.2, -0.15) is 0 Å². The van der Waals surface area contributed by atoms with E-state index in [4.69, 9.17) is 5.73 Å². The van der Waals surface area contributed by atoms with Gasteiger partial charge in [-0.05, 0) is 40.3 Å². The maximum absolute atomic E-state index is 5.74. The first-order chi connectivity index (χ1) is 5.24. The predicted octanol–water partition coefficient (Wildman–Crippen LogP) is 2.48. The van der Waals surface area contributed by atoms with Crippen molar-refractivity contribution in [3.8, 4) is 0 Å². The highest BCUT2D eigenvalue weighted by atomic mass is 127. The molecule has 1 aromatic rings. The Morgan fingerprint density at radius 1 is 1.55 bits per heavy atom. The van der Waals surface area contributed by atoms with E-state index in [0.29, 0.717) is 0 Å². The zero-order valence-electron chi connectivity index (χ0n) is 6.13. The van der Waals surface area contributed by atoms with Crippen LogP contribution in [0, 0.1) is 3.57 Å². The Balaban J connectivity index is 2.95. The summed E-state index contributed by atoms with van der Waals surface area (Å²) in [7, 11) is 0. The first kappa shape index (κ1) is 8.74. The lowest BCUT2D eigenvalue weighted by molar-refractivity contribution is 0.913. The van der Waals surface area contributed by atoms with Gasteiger partial charge in [-0.25, -0.2) is 0 Å². The molecule has 58 valence electrons. The molecule has 0 heterocycles. The minimum atomic E-state index is -0.0373. The van der Waals surface area contributed by atoms with Crippen molar-refractivity contribution in [1.29, 1.82) is 0 Å². The summed E-state index contributed by atoms with van der Waals surface area (Å²) in [5, 5.41) is 0. The Morgan fingerprint density at radius 2 is 2.27 bits per heavy atom. The molecule has 0 spiro atoms. The van der Waals surface area contributed by atoms with Gasteiger partial charge in [0, 0.05) is 9.61 Å². The van der Waals surface area contributed by atoms with Crippen molar-refractivity contribution >= 4 is 22.6 Å². The van der Waals surface area contributed by atoms with Crippen molar-refractivity contribution in [3.63, 3.8) is 0 Å². The Hall–Kier alpha value is -0.350. The third-order valence-corrected chi connectivity index (χ3v) is 2.16. The van der Waals surface area contributed by atoms with Crippen LogP contribution >= 0.6 is 22.6 Å². The zero-order valence-corrected chi connectivity index (χ0v) is 8.28. The van der Waals surface area contributed by atoms with E-state index >= 15 is 0 Å². The fourth-order valence-corrected chi connectivity index (χ4v) is 1.42. The number of hydrogen-bond donors (Lipinski definition) is 1. The highest BCUT2D eigenvalue weighted by molar-refractivity contribution is 14.1. The van der Waals surface area contributed by atoms with E-state index in [9.17, 15) is 0 Å². The van der Waals surface area contributed by atoms with Crippen molar-refractivity contribution in [2.45, 2.75) is 6.04 Å². The van der Waals surface area contributed by atoms with E-state index in [1.54, 1.807) is 6.08 Å². The summed E-state index contributed by atoms with van der Waals surface area (Å²) in [5.41, 5.74) is 6.86. The van der Waals surface area contributed by atoms with Gasteiger partial charge >= 0.3 is 0 Å². The molecule has 0 saturated carbocycles. The Labute approximate surface area is 80.4 Å². The Bertz CT molecular complexity index is 257. The lowest BCUT2D eigenvalue weighted by Gasteiger charge is -2.05. The molecule has 1 atom stereocenters. The van der Waals surface area contributed by atoms with Crippen LogP contribution in [-0.2, 0) is 0 Å².